The lowest BCUT2D eigenvalue weighted by Gasteiger charge is -2.48. The van der Waals surface area contributed by atoms with Crippen LogP contribution in [0.4, 0.5) is 0 Å². The van der Waals surface area contributed by atoms with Crippen LogP contribution in [0.3, 0.4) is 0 Å². The highest BCUT2D eigenvalue weighted by Gasteiger charge is 2.46. The van der Waals surface area contributed by atoms with Crippen LogP contribution >= 0.6 is 0 Å². The topological polar surface area (TPSA) is 38.7 Å². The monoisotopic (exact) mass is 543 g/mol. The van der Waals surface area contributed by atoms with Gasteiger partial charge in [-0.25, -0.2) is 15.0 Å². The summed E-state index contributed by atoms with van der Waals surface area (Å²) in [5.41, 5.74) is 10.5. The molecule has 0 bridgehead atoms. The molecule has 1 aromatic heterocycles. The van der Waals surface area contributed by atoms with Gasteiger partial charge in [-0.05, 0) is 56.3 Å². The number of fused-ring (bicyclic) bond motifs is 3. The van der Waals surface area contributed by atoms with Crippen molar-refractivity contribution in [3.8, 4) is 56.4 Å². The van der Waals surface area contributed by atoms with Gasteiger partial charge < -0.3 is 0 Å². The van der Waals surface area contributed by atoms with E-state index in [9.17, 15) is 0 Å². The fraction of sp³-hybridized carbons (Fsp3) is 0.154. The van der Waals surface area contributed by atoms with E-state index in [0.717, 1.165) is 16.7 Å². The van der Waals surface area contributed by atoms with Gasteiger partial charge in [-0.3, -0.25) is 0 Å². The van der Waals surface area contributed by atoms with Crippen LogP contribution in [0.25, 0.3) is 56.4 Å². The largest absolute Gasteiger partial charge is 0.208 e. The van der Waals surface area contributed by atoms with E-state index in [2.05, 4.69) is 94.4 Å². The number of aromatic nitrogens is 3. The van der Waals surface area contributed by atoms with E-state index in [4.69, 9.17) is 15.0 Å². The molecule has 5 aromatic carbocycles. The van der Waals surface area contributed by atoms with Gasteiger partial charge in [0, 0.05) is 16.7 Å². The number of rotatable bonds is 4. The fourth-order valence-corrected chi connectivity index (χ4v) is 6.15. The molecular formula is C39H33N3. The molecular weight excluding hydrogens is 510 g/mol. The van der Waals surface area contributed by atoms with Crippen molar-refractivity contribution in [2.24, 2.45) is 0 Å². The molecule has 0 spiro atoms. The highest BCUT2D eigenvalue weighted by molar-refractivity contribution is 5.83. The molecule has 6 aromatic rings. The Morgan fingerprint density at radius 1 is 0.357 bits per heavy atom. The second-order valence-corrected chi connectivity index (χ2v) is 12.2. The molecule has 1 heterocycles. The Bertz CT molecular complexity index is 1850. The Labute approximate surface area is 248 Å². The molecule has 204 valence electrons. The molecule has 1 aliphatic carbocycles. The Hall–Kier alpha value is -4.89. The molecule has 0 aliphatic heterocycles. The molecule has 0 fully saturated rings. The van der Waals surface area contributed by atoms with Crippen molar-refractivity contribution in [1.29, 1.82) is 0 Å². The zero-order valence-corrected chi connectivity index (χ0v) is 24.5. The third-order valence-electron chi connectivity index (χ3n) is 9.30. The van der Waals surface area contributed by atoms with Crippen molar-refractivity contribution >= 4 is 0 Å². The molecule has 0 amide bonds. The number of nitrogens with zero attached hydrogens (tertiary/aromatic N) is 3. The maximum atomic E-state index is 5.00. The molecule has 3 nitrogen and oxygen atoms in total. The molecule has 0 atom stereocenters. The summed E-state index contributed by atoms with van der Waals surface area (Å²) < 4.78 is 0. The van der Waals surface area contributed by atoms with Crippen LogP contribution in [-0.4, -0.2) is 15.0 Å². The minimum absolute atomic E-state index is 0.109. The van der Waals surface area contributed by atoms with Crippen LogP contribution in [0.15, 0.2) is 127 Å². The smallest absolute Gasteiger partial charge is 0.164 e. The van der Waals surface area contributed by atoms with Crippen LogP contribution in [0.2, 0.25) is 0 Å². The molecule has 0 unspecified atom stereocenters. The SMILES string of the molecule is CC1(C)c2cc(-c3ccccc3)ccc2-c2ccc(-c3nc(-c4ccccc4)nc(-c4ccccc4)n3)cc2C1(C)C. The third-order valence-corrected chi connectivity index (χ3v) is 9.30. The first-order valence-corrected chi connectivity index (χ1v) is 14.5. The third kappa shape index (κ3) is 4.24. The van der Waals surface area contributed by atoms with E-state index in [1.54, 1.807) is 0 Å². The maximum Gasteiger partial charge on any atom is 0.164 e. The van der Waals surface area contributed by atoms with E-state index in [0.29, 0.717) is 17.5 Å². The predicted octanol–water partition coefficient (Wildman–Crippen LogP) is 9.78. The first kappa shape index (κ1) is 26.0. The van der Waals surface area contributed by atoms with Crippen molar-refractivity contribution in [3.05, 3.63) is 139 Å². The van der Waals surface area contributed by atoms with Gasteiger partial charge >= 0.3 is 0 Å². The van der Waals surface area contributed by atoms with Crippen LogP contribution in [0.5, 0.6) is 0 Å². The zero-order chi connectivity index (χ0) is 28.9. The molecule has 0 radical (unpaired) electrons. The molecule has 7 rings (SSSR count). The van der Waals surface area contributed by atoms with E-state index in [-0.39, 0.29) is 10.8 Å². The lowest BCUT2D eigenvalue weighted by atomic mass is 9.55. The molecule has 1 aliphatic rings. The average Bonchev–Trinajstić information content (AvgIpc) is 3.04. The lowest BCUT2D eigenvalue weighted by Crippen LogP contribution is -2.43. The van der Waals surface area contributed by atoms with Crippen LogP contribution < -0.4 is 0 Å². The van der Waals surface area contributed by atoms with Crippen molar-refractivity contribution in [1.82, 2.24) is 15.0 Å². The van der Waals surface area contributed by atoms with E-state index < -0.39 is 0 Å². The Balaban J connectivity index is 1.40. The number of hydrogen-bond donors (Lipinski definition) is 0. The molecule has 0 saturated carbocycles. The maximum absolute atomic E-state index is 5.00. The summed E-state index contributed by atoms with van der Waals surface area (Å²) in [6.45, 7) is 9.48. The lowest BCUT2D eigenvalue weighted by molar-refractivity contribution is 0.299. The molecule has 3 heteroatoms. The van der Waals surface area contributed by atoms with Crippen LogP contribution in [-0.2, 0) is 10.8 Å². The quantitative estimate of drug-likeness (QED) is 0.222. The summed E-state index contributed by atoms with van der Waals surface area (Å²) in [5.74, 6) is 2.04. The second kappa shape index (κ2) is 9.88. The first-order chi connectivity index (χ1) is 20.3. The van der Waals surface area contributed by atoms with Crippen molar-refractivity contribution < 1.29 is 0 Å². The zero-order valence-electron chi connectivity index (χ0n) is 24.5. The van der Waals surface area contributed by atoms with E-state index in [1.165, 1.54) is 33.4 Å². The van der Waals surface area contributed by atoms with Gasteiger partial charge in [0.05, 0.1) is 0 Å². The Kier molecular flexibility index (Phi) is 6.13. The van der Waals surface area contributed by atoms with Crippen molar-refractivity contribution in [2.45, 2.75) is 38.5 Å². The number of benzene rings is 5. The van der Waals surface area contributed by atoms with Crippen LogP contribution in [0.1, 0.15) is 38.8 Å². The summed E-state index contributed by atoms with van der Waals surface area (Å²) in [7, 11) is 0. The van der Waals surface area contributed by atoms with Crippen molar-refractivity contribution in [3.63, 3.8) is 0 Å². The number of hydrogen-bond acceptors (Lipinski definition) is 3. The highest BCUT2D eigenvalue weighted by Crippen LogP contribution is 2.55. The minimum atomic E-state index is -0.141. The molecule has 42 heavy (non-hydrogen) atoms. The second-order valence-electron chi connectivity index (χ2n) is 12.2. The van der Waals surface area contributed by atoms with Gasteiger partial charge in [0.2, 0.25) is 0 Å². The summed E-state index contributed by atoms with van der Waals surface area (Å²) >= 11 is 0. The summed E-state index contributed by atoms with van der Waals surface area (Å²) in [6.07, 6.45) is 0. The average molecular weight is 544 g/mol. The van der Waals surface area contributed by atoms with E-state index >= 15 is 0 Å². The summed E-state index contributed by atoms with van der Waals surface area (Å²) in [6, 6.07) is 44.6. The molecule has 0 N–H and O–H groups in total. The van der Waals surface area contributed by atoms with Crippen molar-refractivity contribution in [2.75, 3.05) is 0 Å². The van der Waals surface area contributed by atoms with Gasteiger partial charge in [-0.1, -0.05) is 143 Å². The summed E-state index contributed by atoms with van der Waals surface area (Å²) in [5, 5.41) is 0. The normalized spacial score (nSPS) is 14.6. The standard InChI is InChI=1S/C39H33N3/c1-38(2)33-24-29(26-14-8-5-9-15-26)20-22-31(33)32-23-21-30(25-34(32)39(38,3)4)37-41-35(27-16-10-6-11-17-27)40-36(42-37)28-18-12-7-13-19-28/h5-25H,1-4H3. The summed E-state index contributed by atoms with van der Waals surface area (Å²) in [4.78, 5) is 14.9. The fourth-order valence-electron chi connectivity index (χ4n) is 6.15. The minimum Gasteiger partial charge on any atom is -0.208 e. The Morgan fingerprint density at radius 3 is 1.17 bits per heavy atom. The Morgan fingerprint density at radius 2 is 0.714 bits per heavy atom. The van der Waals surface area contributed by atoms with Crippen LogP contribution in [0, 0.1) is 0 Å². The van der Waals surface area contributed by atoms with Gasteiger partial charge in [-0.15, -0.1) is 0 Å². The van der Waals surface area contributed by atoms with E-state index in [1.807, 2.05) is 60.7 Å². The van der Waals surface area contributed by atoms with Gasteiger partial charge in [0.15, 0.2) is 17.5 Å². The van der Waals surface area contributed by atoms with Gasteiger partial charge in [-0.2, -0.15) is 0 Å². The van der Waals surface area contributed by atoms with Gasteiger partial charge in [0.1, 0.15) is 0 Å². The first-order valence-electron chi connectivity index (χ1n) is 14.5. The molecule has 0 saturated heterocycles. The predicted molar refractivity (Wildman–Crippen MR) is 173 cm³/mol. The van der Waals surface area contributed by atoms with Gasteiger partial charge in [0.25, 0.3) is 0 Å². The highest BCUT2D eigenvalue weighted by atomic mass is 15.0.